The van der Waals surface area contributed by atoms with Gasteiger partial charge in [-0.25, -0.2) is 0 Å². The van der Waals surface area contributed by atoms with Crippen molar-refractivity contribution in [2.45, 2.75) is 0 Å². The van der Waals surface area contributed by atoms with Crippen molar-refractivity contribution in [2.24, 2.45) is 0 Å². The van der Waals surface area contributed by atoms with E-state index in [1.54, 1.807) is 20.3 Å². The van der Waals surface area contributed by atoms with Gasteiger partial charge in [0.2, 0.25) is 0 Å². The van der Waals surface area contributed by atoms with Crippen LogP contribution in [0.5, 0.6) is 0 Å². The van der Waals surface area contributed by atoms with Crippen LogP contribution in [-0.4, -0.2) is 35.1 Å². The molecule has 0 saturated carbocycles. The van der Waals surface area contributed by atoms with Crippen molar-refractivity contribution >= 4 is 5.91 Å². The van der Waals surface area contributed by atoms with Crippen molar-refractivity contribution < 1.29 is 4.79 Å². The summed E-state index contributed by atoms with van der Waals surface area (Å²) in [5.74, 6) is -0.0706. The van der Waals surface area contributed by atoms with Crippen LogP contribution in [0, 0.1) is 0 Å². The van der Waals surface area contributed by atoms with E-state index in [1.807, 2.05) is 30.3 Å². The van der Waals surface area contributed by atoms with Gasteiger partial charge in [-0.3, -0.25) is 4.79 Å². The van der Waals surface area contributed by atoms with Crippen LogP contribution >= 0.6 is 0 Å². The molecule has 0 aliphatic heterocycles. The van der Waals surface area contributed by atoms with Gasteiger partial charge in [-0.2, -0.15) is 10.2 Å². The lowest BCUT2D eigenvalue weighted by Crippen LogP contribution is -2.22. The second-order valence-corrected chi connectivity index (χ2v) is 3.88. The first-order valence-electron chi connectivity index (χ1n) is 5.28. The molecule has 0 fully saturated rings. The van der Waals surface area contributed by atoms with Crippen molar-refractivity contribution in [3.05, 3.63) is 48.3 Å². The Kier molecular flexibility index (Phi) is 3.14. The van der Waals surface area contributed by atoms with Crippen molar-refractivity contribution in [2.75, 3.05) is 14.1 Å². The smallest absolute Gasteiger partial charge is 0.255 e. The first kappa shape index (κ1) is 11.3. The number of benzene rings is 1. The molecule has 0 spiro atoms. The minimum atomic E-state index is -0.0706. The van der Waals surface area contributed by atoms with Crippen LogP contribution in [0.2, 0.25) is 0 Å². The molecule has 1 amide bonds. The number of hydrogen-bond donors (Lipinski definition) is 0. The van der Waals surface area contributed by atoms with Crippen LogP contribution in [-0.2, 0) is 0 Å². The Morgan fingerprint density at radius 3 is 2.35 bits per heavy atom. The zero-order chi connectivity index (χ0) is 12.3. The van der Waals surface area contributed by atoms with Gasteiger partial charge in [-0.05, 0) is 5.56 Å². The van der Waals surface area contributed by atoms with E-state index in [9.17, 15) is 4.79 Å². The first-order valence-corrected chi connectivity index (χ1v) is 5.28. The topological polar surface area (TPSA) is 46.1 Å². The van der Waals surface area contributed by atoms with Crippen molar-refractivity contribution in [1.29, 1.82) is 0 Å². The molecule has 4 heteroatoms. The molecule has 1 heterocycles. The van der Waals surface area contributed by atoms with Crippen LogP contribution in [0.15, 0.2) is 42.7 Å². The third kappa shape index (κ3) is 2.30. The second-order valence-electron chi connectivity index (χ2n) is 3.88. The monoisotopic (exact) mass is 227 g/mol. The van der Waals surface area contributed by atoms with E-state index in [0.717, 1.165) is 11.1 Å². The van der Waals surface area contributed by atoms with Crippen LogP contribution in [0.25, 0.3) is 11.1 Å². The lowest BCUT2D eigenvalue weighted by atomic mass is 10.0. The largest absolute Gasteiger partial charge is 0.345 e. The first-order chi connectivity index (χ1) is 8.20. The predicted molar refractivity (Wildman–Crippen MR) is 65.5 cm³/mol. The van der Waals surface area contributed by atoms with Crippen molar-refractivity contribution in [3.8, 4) is 11.1 Å². The van der Waals surface area contributed by atoms with Crippen LogP contribution < -0.4 is 0 Å². The molecule has 17 heavy (non-hydrogen) atoms. The zero-order valence-corrected chi connectivity index (χ0v) is 9.79. The van der Waals surface area contributed by atoms with E-state index < -0.39 is 0 Å². The molecule has 86 valence electrons. The number of carbonyl (C=O) groups excluding carboxylic acids is 1. The van der Waals surface area contributed by atoms with E-state index in [0.29, 0.717) is 5.56 Å². The average molecular weight is 227 g/mol. The molecule has 1 aromatic carbocycles. The summed E-state index contributed by atoms with van der Waals surface area (Å²) in [5.41, 5.74) is 2.34. The van der Waals surface area contributed by atoms with Gasteiger partial charge in [-0.15, -0.1) is 0 Å². The SMILES string of the molecule is CN(C)C(=O)c1cnncc1-c1ccccc1. The molecule has 2 rings (SSSR count). The van der Waals surface area contributed by atoms with Crippen molar-refractivity contribution in [1.82, 2.24) is 15.1 Å². The van der Waals surface area contributed by atoms with Gasteiger partial charge in [0.1, 0.15) is 0 Å². The molecule has 4 nitrogen and oxygen atoms in total. The third-order valence-electron chi connectivity index (χ3n) is 2.45. The summed E-state index contributed by atoms with van der Waals surface area (Å²) in [7, 11) is 3.44. The lowest BCUT2D eigenvalue weighted by molar-refractivity contribution is 0.0827. The van der Waals surface area contributed by atoms with E-state index in [1.165, 1.54) is 11.1 Å². The van der Waals surface area contributed by atoms with Gasteiger partial charge in [0.15, 0.2) is 0 Å². The van der Waals surface area contributed by atoms with E-state index in [2.05, 4.69) is 10.2 Å². The summed E-state index contributed by atoms with van der Waals surface area (Å²) in [6.07, 6.45) is 3.12. The summed E-state index contributed by atoms with van der Waals surface area (Å²) >= 11 is 0. The highest BCUT2D eigenvalue weighted by atomic mass is 16.2. The number of hydrogen-bond acceptors (Lipinski definition) is 3. The fraction of sp³-hybridized carbons (Fsp3) is 0.154. The zero-order valence-electron chi connectivity index (χ0n) is 9.79. The average Bonchev–Trinajstić information content (AvgIpc) is 2.39. The van der Waals surface area contributed by atoms with Crippen LogP contribution in [0.3, 0.4) is 0 Å². The van der Waals surface area contributed by atoms with Crippen LogP contribution in [0.4, 0.5) is 0 Å². The van der Waals surface area contributed by atoms with Gasteiger partial charge in [0.25, 0.3) is 5.91 Å². The standard InChI is InChI=1S/C13H13N3O/c1-16(2)13(17)12-9-15-14-8-11(12)10-6-4-3-5-7-10/h3-9H,1-2H3. The molecule has 0 unspecified atom stereocenters. The maximum Gasteiger partial charge on any atom is 0.255 e. The number of amides is 1. The van der Waals surface area contributed by atoms with Crippen LogP contribution in [0.1, 0.15) is 10.4 Å². The number of carbonyl (C=O) groups is 1. The fourth-order valence-electron chi connectivity index (χ4n) is 1.58. The molecule has 2 aromatic rings. The van der Waals surface area contributed by atoms with E-state index in [4.69, 9.17) is 0 Å². The van der Waals surface area contributed by atoms with Gasteiger partial charge in [0, 0.05) is 19.7 Å². The Bertz CT molecular complexity index is 523. The highest BCUT2D eigenvalue weighted by Gasteiger charge is 2.14. The van der Waals surface area contributed by atoms with Gasteiger partial charge in [-0.1, -0.05) is 30.3 Å². The number of aromatic nitrogens is 2. The molecular formula is C13H13N3O. The number of rotatable bonds is 2. The Balaban J connectivity index is 2.52. The molecule has 1 aromatic heterocycles. The lowest BCUT2D eigenvalue weighted by Gasteiger charge is -2.13. The summed E-state index contributed by atoms with van der Waals surface area (Å²) in [4.78, 5) is 13.5. The maximum atomic E-state index is 12.0. The second kappa shape index (κ2) is 4.74. The molecule has 0 aliphatic carbocycles. The highest BCUT2D eigenvalue weighted by molar-refractivity contribution is 6.00. The minimum absolute atomic E-state index is 0.0706. The Morgan fingerprint density at radius 2 is 1.71 bits per heavy atom. The quantitative estimate of drug-likeness (QED) is 0.786. The Hall–Kier alpha value is -2.23. The summed E-state index contributed by atoms with van der Waals surface area (Å²) < 4.78 is 0. The third-order valence-corrected chi connectivity index (χ3v) is 2.45. The van der Waals surface area contributed by atoms with Crippen molar-refractivity contribution in [3.63, 3.8) is 0 Å². The normalized spacial score (nSPS) is 10.0. The molecule has 0 N–H and O–H groups in total. The summed E-state index contributed by atoms with van der Waals surface area (Å²) in [6.45, 7) is 0. The Labute approximate surface area is 99.9 Å². The highest BCUT2D eigenvalue weighted by Crippen LogP contribution is 2.22. The molecule has 0 aliphatic rings. The maximum absolute atomic E-state index is 12.0. The van der Waals surface area contributed by atoms with E-state index in [-0.39, 0.29) is 5.91 Å². The minimum Gasteiger partial charge on any atom is -0.345 e. The Morgan fingerprint density at radius 1 is 1.06 bits per heavy atom. The predicted octanol–water partition coefficient (Wildman–Crippen LogP) is 1.85. The van der Waals surface area contributed by atoms with E-state index >= 15 is 0 Å². The number of nitrogens with zero attached hydrogens (tertiary/aromatic N) is 3. The fourth-order valence-corrected chi connectivity index (χ4v) is 1.58. The molecule has 0 radical (unpaired) electrons. The molecule has 0 saturated heterocycles. The molecular weight excluding hydrogens is 214 g/mol. The molecule has 0 atom stereocenters. The van der Waals surface area contributed by atoms with Gasteiger partial charge < -0.3 is 4.90 Å². The summed E-state index contributed by atoms with van der Waals surface area (Å²) in [6, 6.07) is 9.69. The molecule has 0 bridgehead atoms. The van der Waals surface area contributed by atoms with Gasteiger partial charge in [0.05, 0.1) is 18.0 Å². The van der Waals surface area contributed by atoms with Gasteiger partial charge >= 0.3 is 0 Å². The summed E-state index contributed by atoms with van der Waals surface area (Å²) in [5, 5.41) is 7.62.